The van der Waals surface area contributed by atoms with Crippen molar-refractivity contribution in [3.63, 3.8) is 0 Å². The van der Waals surface area contributed by atoms with Gasteiger partial charge in [-0.15, -0.1) is 0 Å². The average Bonchev–Trinajstić information content (AvgIpc) is 3.02. The third-order valence-electron chi connectivity index (χ3n) is 4.93. The number of rotatable bonds is 5. The van der Waals surface area contributed by atoms with E-state index in [-0.39, 0.29) is 11.1 Å². The molecule has 0 radical (unpaired) electrons. The molecule has 150 valence electrons. The summed E-state index contributed by atoms with van der Waals surface area (Å²) in [6.45, 7) is 0.865. The minimum atomic E-state index is -1.15. The van der Waals surface area contributed by atoms with Crippen molar-refractivity contribution in [1.29, 1.82) is 0 Å². The van der Waals surface area contributed by atoms with Gasteiger partial charge in [0.25, 0.3) is 17.7 Å². The molecular weight excluding hydrogens is 384 g/mol. The number of hydrogen-bond donors (Lipinski definition) is 1. The molecule has 3 amide bonds. The summed E-state index contributed by atoms with van der Waals surface area (Å²) in [7, 11) is 0. The Morgan fingerprint density at radius 3 is 2.17 bits per heavy atom. The Hall–Kier alpha value is -4.00. The van der Waals surface area contributed by atoms with Gasteiger partial charge >= 0.3 is 5.97 Å². The lowest BCUT2D eigenvalue weighted by Gasteiger charge is -2.20. The fraction of sp³-hybridized carbons (Fsp3) is 0.130. The zero-order valence-electron chi connectivity index (χ0n) is 16.1. The standard InChI is InChI=1S/C23H18N2O5/c1-14(25-21(27)18-8-4-5-9-19(18)22(25)28)23(29)30-13-20(26)24-17-11-10-15-6-2-3-7-16(15)12-17/h2-12,14H,13H2,1H3,(H,24,26). The summed E-state index contributed by atoms with van der Waals surface area (Å²) in [5.74, 6) is -2.47. The molecule has 0 fully saturated rings. The molecule has 1 atom stereocenters. The molecule has 7 nitrogen and oxygen atoms in total. The highest BCUT2D eigenvalue weighted by molar-refractivity contribution is 6.22. The Bertz CT molecular complexity index is 1150. The first-order chi connectivity index (χ1) is 14.5. The van der Waals surface area contributed by atoms with Crippen molar-refractivity contribution < 1.29 is 23.9 Å². The van der Waals surface area contributed by atoms with E-state index in [1.54, 1.807) is 18.2 Å². The zero-order chi connectivity index (χ0) is 21.3. The maximum Gasteiger partial charge on any atom is 0.329 e. The first-order valence-corrected chi connectivity index (χ1v) is 9.38. The Morgan fingerprint density at radius 1 is 0.900 bits per heavy atom. The number of ether oxygens (including phenoxy) is 1. The molecule has 1 unspecified atom stereocenters. The molecule has 1 aliphatic rings. The van der Waals surface area contributed by atoms with Gasteiger partial charge in [-0.25, -0.2) is 4.79 Å². The molecule has 0 aromatic heterocycles. The van der Waals surface area contributed by atoms with Crippen LogP contribution < -0.4 is 5.32 Å². The molecule has 1 aliphatic heterocycles. The van der Waals surface area contributed by atoms with Crippen LogP contribution in [0.5, 0.6) is 0 Å². The summed E-state index contributed by atoms with van der Waals surface area (Å²) >= 11 is 0. The average molecular weight is 402 g/mol. The molecule has 0 saturated carbocycles. The lowest BCUT2D eigenvalue weighted by Crippen LogP contribution is -2.44. The molecule has 1 heterocycles. The third kappa shape index (κ3) is 3.53. The fourth-order valence-corrected chi connectivity index (χ4v) is 3.39. The third-order valence-corrected chi connectivity index (χ3v) is 4.93. The Labute approximate surface area is 172 Å². The van der Waals surface area contributed by atoms with E-state index in [2.05, 4.69) is 5.32 Å². The predicted octanol–water partition coefficient (Wildman–Crippen LogP) is 3.01. The summed E-state index contributed by atoms with van der Waals surface area (Å²) in [6, 6.07) is 18.4. The fourth-order valence-electron chi connectivity index (χ4n) is 3.39. The minimum Gasteiger partial charge on any atom is -0.454 e. The topological polar surface area (TPSA) is 92.8 Å². The highest BCUT2D eigenvalue weighted by Crippen LogP contribution is 2.25. The normalized spacial score (nSPS) is 13.8. The number of anilines is 1. The molecule has 0 bridgehead atoms. The Morgan fingerprint density at radius 2 is 1.50 bits per heavy atom. The lowest BCUT2D eigenvalue weighted by molar-refractivity contribution is -0.150. The van der Waals surface area contributed by atoms with Crippen LogP contribution in [0.3, 0.4) is 0 Å². The quantitative estimate of drug-likeness (QED) is 0.523. The van der Waals surface area contributed by atoms with Crippen molar-refractivity contribution in [2.45, 2.75) is 13.0 Å². The van der Waals surface area contributed by atoms with Gasteiger partial charge in [0.2, 0.25) is 0 Å². The summed E-state index contributed by atoms with van der Waals surface area (Å²) < 4.78 is 5.04. The number of nitrogens with one attached hydrogen (secondary N) is 1. The van der Waals surface area contributed by atoms with Gasteiger partial charge < -0.3 is 10.1 Å². The van der Waals surface area contributed by atoms with Crippen LogP contribution in [0, 0.1) is 0 Å². The Balaban J connectivity index is 1.36. The second kappa shape index (κ2) is 7.79. The maximum absolute atomic E-state index is 12.5. The number of carbonyl (C=O) groups excluding carboxylic acids is 4. The summed E-state index contributed by atoms with van der Waals surface area (Å²) in [5, 5.41) is 4.67. The molecule has 3 aromatic carbocycles. The van der Waals surface area contributed by atoms with Crippen molar-refractivity contribution in [1.82, 2.24) is 4.90 Å². The van der Waals surface area contributed by atoms with Gasteiger partial charge in [-0.05, 0) is 42.0 Å². The summed E-state index contributed by atoms with van der Waals surface area (Å²) in [6.07, 6.45) is 0. The SMILES string of the molecule is CC(C(=O)OCC(=O)Nc1ccc2ccccc2c1)N1C(=O)c2ccccc2C1=O. The molecule has 30 heavy (non-hydrogen) atoms. The molecule has 4 rings (SSSR count). The van der Waals surface area contributed by atoms with Crippen molar-refractivity contribution in [2.24, 2.45) is 0 Å². The lowest BCUT2D eigenvalue weighted by atomic mass is 10.1. The van der Waals surface area contributed by atoms with Crippen molar-refractivity contribution in [2.75, 3.05) is 11.9 Å². The molecular formula is C23H18N2O5. The minimum absolute atomic E-state index is 0.246. The highest BCUT2D eigenvalue weighted by atomic mass is 16.5. The number of benzene rings is 3. The van der Waals surface area contributed by atoms with Gasteiger partial charge in [0.15, 0.2) is 6.61 Å². The van der Waals surface area contributed by atoms with E-state index in [4.69, 9.17) is 4.74 Å². The van der Waals surface area contributed by atoms with Crippen LogP contribution >= 0.6 is 0 Å². The zero-order valence-corrected chi connectivity index (χ0v) is 16.1. The van der Waals surface area contributed by atoms with E-state index >= 15 is 0 Å². The van der Waals surface area contributed by atoms with E-state index in [1.807, 2.05) is 36.4 Å². The second-order valence-electron chi connectivity index (χ2n) is 6.92. The van der Waals surface area contributed by atoms with Crippen molar-refractivity contribution >= 4 is 40.2 Å². The molecule has 3 aromatic rings. The molecule has 0 spiro atoms. The number of hydrogen-bond acceptors (Lipinski definition) is 5. The number of imide groups is 1. The van der Waals surface area contributed by atoms with Gasteiger partial charge in [-0.1, -0.05) is 42.5 Å². The van der Waals surface area contributed by atoms with Gasteiger partial charge in [0, 0.05) is 5.69 Å². The van der Waals surface area contributed by atoms with Crippen LogP contribution in [0.2, 0.25) is 0 Å². The number of nitrogens with zero attached hydrogens (tertiary/aromatic N) is 1. The number of amides is 3. The second-order valence-corrected chi connectivity index (χ2v) is 6.92. The highest BCUT2D eigenvalue weighted by Gasteiger charge is 2.41. The monoisotopic (exact) mass is 402 g/mol. The van der Waals surface area contributed by atoms with Crippen LogP contribution in [0.15, 0.2) is 66.7 Å². The summed E-state index contributed by atoms with van der Waals surface area (Å²) in [4.78, 5) is 50.3. The van der Waals surface area contributed by atoms with Crippen LogP contribution in [0.25, 0.3) is 10.8 Å². The molecule has 0 aliphatic carbocycles. The smallest absolute Gasteiger partial charge is 0.329 e. The van der Waals surface area contributed by atoms with Gasteiger partial charge in [0.1, 0.15) is 6.04 Å². The van der Waals surface area contributed by atoms with Crippen molar-refractivity contribution in [3.05, 3.63) is 77.9 Å². The number of esters is 1. The largest absolute Gasteiger partial charge is 0.454 e. The van der Waals surface area contributed by atoms with Gasteiger partial charge in [0.05, 0.1) is 11.1 Å². The van der Waals surface area contributed by atoms with E-state index in [0.717, 1.165) is 15.7 Å². The van der Waals surface area contributed by atoms with Crippen LogP contribution in [-0.4, -0.2) is 41.2 Å². The van der Waals surface area contributed by atoms with Crippen LogP contribution in [-0.2, 0) is 14.3 Å². The van der Waals surface area contributed by atoms with Gasteiger partial charge in [-0.3, -0.25) is 19.3 Å². The Kier molecular flexibility index (Phi) is 5.02. The van der Waals surface area contributed by atoms with Crippen molar-refractivity contribution in [3.8, 4) is 0 Å². The van der Waals surface area contributed by atoms with E-state index in [9.17, 15) is 19.2 Å². The number of fused-ring (bicyclic) bond motifs is 2. The van der Waals surface area contributed by atoms with E-state index in [0.29, 0.717) is 5.69 Å². The first kappa shape index (κ1) is 19.3. The van der Waals surface area contributed by atoms with Gasteiger partial charge in [-0.2, -0.15) is 0 Å². The number of carbonyl (C=O) groups is 4. The molecule has 1 N–H and O–H groups in total. The predicted molar refractivity (Wildman–Crippen MR) is 110 cm³/mol. The van der Waals surface area contributed by atoms with E-state index in [1.165, 1.54) is 19.1 Å². The van der Waals surface area contributed by atoms with Crippen LogP contribution in [0.1, 0.15) is 27.6 Å². The maximum atomic E-state index is 12.5. The van der Waals surface area contributed by atoms with Crippen LogP contribution in [0.4, 0.5) is 5.69 Å². The first-order valence-electron chi connectivity index (χ1n) is 9.38. The summed E-state index contributed by atoms with van der Waals surface area (Å²) in [5.41, 5.74) is 1.07. The molecule has 0 saturated heterocycles. The molecule has 7 heteroatoms. The van der Waals surface area contributed by atoms with E-state index < -0.39 is 36.3 Å².